The number of nitrogens with two attached hydrogens (primary N) is 1. The first-order valence-corrected chi connectivity index (χ1v) is 7.05. The molecule has 0 bridgehead atoms. The zero-order valence-electron chi connectivity index (χ0n) is 12.0. The van der Waals surface area contributed by atoms with Gasteiger partial charge in [-0.05, 0) is 38.3 Å². The van der Waals surface area contributed by atoms with Gasteiger partial charge in [0, 0.05) is 18.3 Å². The fraction of sp³-hybridized carbons (Fsp3) is 0.375. The van der Waals surface area contributed by atoms with Gasteiger partial charge in [-0.3, -0.25) is 4.98 Å². The fourth-order valence-electron chi connectivity index (χ4n) is 2.31. The van der Waals surface area contributed by atoms with Crippen LogP contribution in [0.2, 0.25) is 0 Å². The molecule has 2 aromatic rings. The topological polar surface area (TPSA) is 55.0 Å². The van der Waals surface area contributed by atoms with E-state index in [4.69, 9.17) is 5.73 Å². The monoisotopic (exact) mass is 268 g/mol. The molecule has 0 radical (unpaired) electrons. The zero-order chi connectivity index (χ0) is 14.1. The van der Waals surface area contributed by atoms with E-state index in [1.807, 2.05) is 38.2 Å². The van der Waals surface area contributed by atoms with Gasteiger partial charge in [0.25, 0.3) is 0 Å². The number of rotatable bonds is 4. The highest BCUT2D eigenvalue weighted by Gasteiger charge is 2.30. The number of aromatic nitrogens is 2. The molecule has 0 unspecified atom stereocenters. The molecule has 0 spiro atoms. The van der Waals surface area contributed by atoms with Crippen molar-refractivity contribution in [3.8, 4) is 0 Å². The van der Waals surface area contributed by atoms with Crippen molar-refractivity contribution in [2.45, 2.75) is 39.3 Å². The van der Waals surface area contributed by atoms with Gasteiger partial charge in [-0.25, -0.2) is 4.98 Å². The Balaban J connectivity index is 1.89. The van der Waals surface area contributed by atoms with Crippen molar-refractivity contribution in [2.75, 3.05) is 10.6 Å². The van der Waals surface area contributed by atoms with Crippen molar-refractivity contribution in [1.29, 1.82) is 0 Å². The maximum absolute atomic E-state index is 6.06. The van der Waals surface area contributed by atoms with Crippen molar-refractivity contribution in [2.24, 2.45) is 0 Å². The minimum atomic E-state index is 0.575. The Morgan fingerprint density at radius 1 is 1.20 bits per heavy atom. The largest absolute Gasteiger partial charge is 0.398 e. The van der Waals surface area contributed by atoms with Crippen molar-refractivity contribution < 1.29 is 0 Å². The second-order valence-corrected chi connectivity index (χ2v) is 5.46. The normalized spacial score (nSPS) is 14.3. The summed E-state index contributed by atoms with van der Waals surface area (Å²) >= 11 is 0. The Morgan fingerprint density at radius 3 is 2.60 bits per heavy atom. The Kier molecular flexibility index (Phi) is 3.30. The summed E-state index contributed by atoms with van der Waals surface area (Å²) in [7, 11) is 0. The molecule has 1 saturated carbocycles. The number of nitrogens with zero attached hydrogens (tertiary/aromatic N) is 3. The van der Waals surface area contributed by atoms with Gasteiger partial charge in [0.2, 0.25) is 0 Å². The SMILES string of the molecule is Cc1ncc(N(Cc2ccccc2N)C2CC2)nc1C. The summed E-state index contributed by atoms with van der Waals surface area (Å²) < 4.78 is 0. The van der Waals surface area contributed by atoms with Crippen LogP contribution in [0.5, 0.6) is 0 Å². The average Bonchev–Trinajstić information content (AvgIpc) is 3.26. The van der Waals surface area contributed by atoms with E-state index in [0.29, 0.717) is 6.04 Å². The van der Waals surface area contributed by atoms with Gasteiger partial charge in [-0.1, -0.05) is 18.2 Å². The van der Waals surface area contributed by atoms with Crippen molar-refractivity contribution in [3.63, 3.8) is 0 Å². The highest BCUT2D eigenvalue weighted by molar-refractivity contribution is 5.50. The van der Waals surface area contributed by atoms with E-state index in [1.54, 1.807) is 0 Å². The van der Waals surface area contributed by atoms with Crippen LogP contribution in [0.1, 0.15) is 29.8 Å². The standard InChI is InChI=1S/C16H20N4/c1-11-12(2)19-16(9-18-11)20(14-7-8-14)10-13-5-3-4-6-15(13)17/h3-6,9,14H,7-8,10,17H2,1-2H3. The minimum Gasteiger partial charge on any atom is -0.398 e. The third-order valence-electron chi connectivity index (χ3n) is 3.86. The smallest absolute Gasteiger partial charge is 0.147 e. The Hall–Kier alpha value is -2.10. The summed E-state index contributed by atoms with van der Waals surface area (Å²) in [5.41, 5.74) is 10.0. The van der Waals surface area contributed by atoms with E-state index in [2.05, 4.69) is 20.9 Å². The fourth-order valence-corrected chi connectivity index (χ4v) is 2.31. The van der Waals surface area contributed by atoms with Gasteiger partial charge in [-0.2, -0.15) is 0 Å². The third kappa shape index (κ3) is 2.59. The van der Waals surface area contributed by atoms with Crippen molar-refractivity contribution in [1.82, 2.24) is 9.97 Å². The number of nitrogen functional groups attached to an aromatic ring is 1. The van der Waals surface area contributed by atoms with Crippen LogP contribution in [0.4, 0.5) is 11.5 Å². The molecule has 1 aromatic heterocycles. The Morgan fingerprint density at radius 2 is 1.95 bits per heavy atom. The van der Waals surface area contributed by atoms with Gasteiger partial charge in [0.05, 0.1) is 17.6 Å². The van der Waals surface area contributed by atoms with Crippen LogP contribution in [0, 0.1) is 13.8 Å². The summed E-state index contributed by atoms with van der Waals surface area (Å²) in [6, 6.07) is 8.61. The Bertz CT molecular complexity index is 620. The van der Waals surface area contributed by atoms with Crippen molar-refractivity contribution >= 4 is 11.5 Å². The lowest BCUT2D eigenvalue weighted by molar-refractivity contribution is 0.770. The summed E-state index contributed by atoms with van der Waals surface area (Å²) in [5, 5.41) is 0. The highest BCUT2D eigenvalue weighted by atomic mass is 15.2. The molecule has 0 aliphatic heterocycles. The van der Waals surface area contributed by atoms with E-state index in [1.165, 1.54) is 12.8 Å². The summed E-state index contributed by atoms with van der Waals surface area (Å²) in [6.45, 7) is 4.80. The summed E-state index contributed by atoms with van der Waals surface area (Å²) in [6.07, 6.45) is 4.32. The molecule has 0 amide bonds. The number of aryl methyl sites for hydroxylation is 2. The van der Waals surface area contributed by atoms with Crippen LogP contribution in [0.15, 0.2) is 30.5 Å². The predicted molar refractivity (Wildman–Crippen MR) is 81.6 cm³/mol. The van der Waals surface area contributed by atoms with Crippen LogP contribution in [-0.2, 0) is 6.54 Å². The van der Waals surface area contributed by atoms with Gasteiger partial charge < -0.3 is 10.6 Å². The number of para-hydroxylation sites is 1. The Labute approximate surface area is 119 Å². The van der Waals surface area contributed by atoms with E-state index >= 15 is 0 Å². The van der Waals surface area contributed by atoms with Crippen LogP contribution in [-0.4, -0.2) is 16.0 Å². The molecule has 1 heterocycles. The molecule has 4 nitrogen and oxygen atoms in total. The van der Waals surface area contributed by atoms with Gasteiger partial charge >= 0.3 is 0 Å². The third-order valence-corrected chi connectivity index (χ3v) is 3.86. The molecule has 0 saturated heterocycles. The number of hydrogen-bond acceptors (Lipinski definition) is 4. The molecule has 1 fully saturated rings. The van der Waals surface area contributed by atoms with Crippen LogP contribution < -0.4 is 10.6 Å². The molecular weight excluding hydrogens is 248 g/mol. The quantitative estimate of drug-likeness (QED) is 0.866. The molecule has 1 aromatic carbocycles. The zero-order valence-corrected chi connectivity index (χ0v) is 12.0. The molecule has 1 aliphatic carbocycles. The van der Waals surface area contributed by atoms with Crippen LogP contribution >= 0.6 is 0 Å². The predicted octanol–water partition coefficient (Wildman–Crippen LogP) is 2.84. The van der Waals surface area contributed by atoms with E-state index in [9.17, 15) is 0 Å². The molecule has 0 atom stereocenters. The average molecular weight is 268 g/mol. The summed E-state index contributed by atoms with van der Waals surface area (Å²) in [5.74, 6) is 0.957. The van der Waals surface area contributed by atoms with Gasteiger partial charge in [0.15, 0.2) is 0 Å². The number of benzene rings is 1. The molecule has 2 N–H and O–H groups in total. The molecule has 20 heavy (non-hydrogen) atoms. The van der Waals surface area contributed by atoms with E-state index in [0.717, 1.165) is 35.0 Å². The van der Waals surface area contributed by atoms with E-state index in [-0.39, 0.29) is 0 Å². The molecule has 1 aliphatic rings. The molecule has 3 rings (SSSR count). The maximum atomic E-state index is 6.06. The number of hydrogen-bond donors (Lipinski definition) is 1. The van der Waals surface area contributed by atoms with Gasteiger partial charge in [0.1, 0.15) is 5.82 Å². The lowest BCUT2D eigenvalue weighted by atomic mass is 10.1. The lowest BCUT2D eigenvalue weighted by Crippen LogP contribution is -2.27. The second kappa shape index (κ2) is 5.12. The van der Waals surface area contributed by atoms with Crippen LogP contribution in [0.25, 0.3) is 0 Å². The molecule has 104 valence electrons. The lowest BCUT2D eigenvalue weighted by Gasteiger charge is -2.24. The minimum absolute atomic E-state index is 0.575. The first-order valence-electron chi connectivity index (χ1n) is 7.05. The maximum Gasteiger partial charge on any atom is 0.147 e. The first-order chi connectivity index (χ1) is 9.65. The second-order valence-electron chi connectivity index (χ2n) is 5.46. The molecular formula is C16H20N4. The van der Waals surface area contributed by atoms with Crippen molar-refractivity contribution in [3.05, 3.63) is 47.4 Å². The van der Waals surface area contributed by atoms with Gasteiger partial charge in [-0.15, -0.1) is 0 Å². The highest BCUT2D eigenvalue weighted by Crippen LogP contribution is 2.32. The first kappa shape index (κ1) is 12.9. The summed E-state index contributed by atoms with van der Waals surface area (Å²) in [4.78, 5) is 11.4. The van der Waals surface area contributed by atoms with E-state index < -0.39 is 0 Å². The van der Waals surface area contributed by atoms with Crippen LogP contribution in [0.3, 0.4) is 0 Å². The number of anilines is 2. The molecule has 4 heteroatoms.